The van der Waals surface area contributed by atoms with E-state index in [0.29, 0.717) is 0 Å². The molecule has 2 aliphatic rings. The van der Waals surface area contributed by atoms with Crippen molar-refractivity contribution in [1.29, 1.82) is 0 Å². The van der Waals surface area contributed by atoms with E-state index in [1.54, 1.807) is 0 Å². The molecule has 1 aliphatic heterocycles. The molecule has 0 atom stereocenters. The number of rotatable bonds is 2. The largest absolute Gasteiger partial charge is 0.422 e. The standard InChI is InChI=1S/C24H23NO2/c26-24-21(18-10-3-1-4-11-18)22(25-15-7-2-8-16-25)20-14-13-17-9-5-6-12-19(17)23(20)27-24/h1,3-6,9-12H,2,7-8,13-16H2. The van der Waals surface area contributed by atoms with E-state index in [1.807, 2.05) is 36.4 Å². The Bertz CT molecular complexity index is 1030. The van der Waals surface area contributed by atoms with Gasteiger partial charge in [-0.3, -0.25) is 0 Å². The number of piperidine rings is 1. The van der Waals surface area contributed by atoms with Gasteiger partial charge in [-0.1, -0.05) is 54.6 Å². The lowest BCUT2D eigenvalue weighted by atomic mass is 9.86. The van der Waals surface area contributed by atoms with Crippen LogP contribution in [0.4, 0.5) is 5.69 Å². The van der Waals surface area contributed by atoms with Crippen LogP contribution in [-0.2, 0) is 12.8 Å². The molecule has 27 heavy (non-hydrogen) atoms. The summed E-state index contributed by atoms with van der Waals surface area (Å²) in [5.74, 6) is 0.780. The number of benzene rings is 2. The maximum atomic E-state index is 13.2. The average Bonchev–Trinajstić information content (AvgIpc) is 2.74. The molecule has 0 spiro atoms. The highest BCUT2D eigenvalue weighted by Crippen LogP contribution is 2.42. The van der Waals surface area contributed by atoms with E-state index in [1.165, 1.54) is 30.4 Å². The number of anilines is 1. The van der Waals surface area contributed by atoms with E-state index >= 15 is 0 Å². The molecule has 2 heterocycles. The molecule has 3 heteroatoms. The molecule has 1 saturated heterocycles. The van der Waals surface area contributed by atoms with Crippen molar-refractivity contribution < 1.29 is 4.42 Å². The fourth-order valence-electron chi connectivity index (χ4n) is 4.56. The second-order valence-corrected chi connectivity index (χ2v) is 7.49. The molecule has 0 saturated carbocycles. The van der Waals surface area contributed by atoms with Crippen molar-refractivity contribution in [2.45, 2.75) is 32.1 Å². The Morgan fingerprint density at radius 3 is 2.37 bits per heavy atom. The van der Waals surface area contributed by atoms with Crippen LogP contribution in [0.25, 0.3) is 22.5 Å². The number of aryl methyl sites for hydroxylation is 1. The normalized spacial score (nSPS) is 15.9. The van der Waals surface area contributed by atoms with Gasteiger partial charge in [0.05, 0.1) is 11.3 Å². The quantitative estimate of drug-likeness (QED) is 0.642. The summed E-state index contributed by atoms with van der Waals surface area (Å²) in [5, 5.41) is 0. The highest BCUT2D eigenvalue weighted by molar-refractivity contribution is 5.85. The summed E-state index contributed by atoms with van der Waals surface area (Å²) in [6.07, 6.45) is 5.54. The molecule has 1 aromatic heterocycles. The second kappa shape index (κ2) is 6.73. The van der Waals surface area contributed by atoms with Gasteiger partial charge in [0, 0.05) is 24.2 Å². The summed E-state index contributed by atoms with van der Waals surface area (Å²) < 4.78 is 5.96. The zero-order chi connectivity index (χ0) is 18.2. The van der Waals surface area contributed by atoms with Crippen LogP contribution in [0.15, 0.2) is 63.8 Å². The van der Waals surface area contributed by atoms with Gasteiger partial charge >= 0.3 is 5.63 Å². The molecule has 0 radical (unpaired) electrons. The predicted octanol–water partition coefficient (Wildman–Crippen LogP) is 5.06. The van der Waals surface area contributed by atoms with Crippen LogP contribution in [0.3, 0.4) is 0 Å². The molecule has 0 unspecified atom stereocenters. The van der Waals surface area contributed by atoms with Gasteiger partial charge in [0.1, 0.15) is 5.76 Å². The van der Waals surface area contributed by atoms with E-state index in [-0.39, 0.29) is 5.63 Å². The number of hydrogen-bond acceptors (Lipinski definition) is 3. The molecule has 1 fully saturated rings. The molecule has 0 N–H and O–H groups in total. The Hall–Kier alpha value is -2.81. The third-order valence-electron chi connectivity index (χ3n) is 5.84. The molecular weight excluding hydrogens is 334 g/mol. The fourth-order valence-corrected chi connectivity index (χ4v) is 4.56. The SMILES string of the molecule is O=c1oc2c(c(N3CCCCC3)c1-c1ccccc1)CCc1ccccc1-2. The Morgan fingerprint density at radius 1 is 0.815 bits per heavy atom. The minimum atomic E-state index is -0.225. The monoisotopic (exact) mass is 357 g/mol. The van der Waals surface area contributed by atoms with Crippen molar-refractivity contribution >= 4 is 5.69 Å². The predicted molar refractivity (Wildman–Crippen MR) is 109 cm³/mol. The molecule has 136 valence electrons. The van der Waals surface area contributed by atoms with E-state index in [0.717, 1.165) is 54.1 Å². The first kappa shape index (κ1) is 16.4. The maximum absolute atomic E-state index is 13.2. The van der Waals surface area contributed by atoms with Crippen LogP contribution in [0.5, 0.6) is 0 Å². The lowest BCUT2D eigenvalue weighted by molar-refractivity contribution is 0.513. The summed E-state index contributed by atoms with van der Waals surface area (Å²) in [6, 6.07) is 18.3. The van der Waals surface area contributed by atoms with Gasteiger partial charge in [-0.15, -0.1) is 0 Å². The van der Waals surface area contributed by atoms with Crippen LogP contribution in [0.2, 0.25) is 0 Å². The molecule has 2 aromatic carbocycles. The van der Waals surface area contributed by atoms with Crippen LogP contribution in [0, 0.1) is 0 Å². The van der Waals surface area contributed by atoms with Gasteiger partial charge < -0.3 is 9.32 Å². The average molecular weight is 357 g/mol. The van der Waals surface area contributed by atoms with E-state index in [4.69, 9.17) is 4.42 Å². The molecular formula is C24H23NO2. The van der Waals surface area contributed by atoms with Gasteiger partial charge in [-0.25, -0.2) is 4.79 Å². The van der Waals surface area contributed by atoms with Crippen LogP contribution in [0.1, 0.15) is 30.4 Å². The third kappa shape index (κ3) is 2.78. The second-order valence-electron chi connectivity index (χ2n) is 7.49. The van der Waals surface area contributed by atoms with Crippen molar-refractivity contribution in [2.24, 2.45) is 0 Å². The first-order valence-corrected chi connectivity index (χ1v) is 9.91. The highest BCUT2D eigenvalue weighted by atomic mass is 16.4. The molecule has 3 aromatic rings. The van der Waals surface area contributed by atoms with Crippen molar-refractivity contribution in [1.82, 2.24) is 0 Å². The molecule has 1 aliphatic carbocycles. The summed E-state index contributed by atoms with van der Waals surface area (Å²) in [6.45, 7) is 2.02. The zero-order valence-corrected chi connectivity index (χ0v) is 15.4. The Morgan fingerprint density at radius 2 is 1.56 bits per heavy atom. The Kier molecular flexibility index (Phi) is 4.08. The third-order valence-corrected chi connectivity index (χ3v) is 5.84. The summed E-state index contributed by atoms with van der Waals surface area (Å²) in [7, 11) is 0. The van der Waals surface area contributed by atoms with Crippen molar-refractivity contribution in [3.8, 4) is 22.5 Å². The molecule has 3 nitrogen and oxygen atoms in total. The minimum absolute atomic E-state index is 0.225. The van der Waals surface area contributed by atoms with Crippen LogP contribution >= 0.6 is 0 Å². The van der Waals surface area contributed by atoms with Crippen LogP contribution in [-0.4, -0.2) is 13.1 Å². The van der Waals surface area contributed by atoms with Gasteiger partial charge in [0.25, 0.3) is 0 Å². The maximum Gasteiger partial charge on any atom is 0.346 e. The Labute approximate surface area is 159 Å². The first-order valence-electron chi connectivity index (χ1n) is 9.91. The summed E-state index contributed by atoms with van der Waals surface area (Å²) >= 11 is 0. The van der Waals surface area contributed by atoms with Crippen LogP contribution < -0.4 is 10.5 Å². The molecule has 0 amide bonds. The number of hydrogen-bond donors (Lipinski definition) is 0. The summed E-state index contributed by atoms with van der Waals surface area (Å²) in [5.41, 5.74) is 6.12. The van der Waals surface area contributed by atoms with Crippen molar-refractivity contribution in [3.63, 3.8) is 0 Å². The van der Waals surface area contributed by atoms with Gasteiger partial charge in [-0.05, 0) is 43.2 Å². The smallest absolute Gasteiger partial charge is 0.346 e. The summed E-state index contributed by atoms with van der Waals surface area (Å²) in [4.78, 5) is 15.6. The number of nitrogens with zero attached hydrogens (tertiary/aromatic N) is 1. The molecule has 0 bridgehead atoms. The van der Waals surface area contributed by atoms with Gasteiger partial charge in [0.2, 0.25) is 0 Å². The lowest BCUT2D eigenvalue weighted by Crippen LogP contribution is -2.32. The zero-order valence-electron chi connectivity index (χ0n) is 15.4. The van der Waals surface area contributed by atoms with Gasteiger partial charge in [0.15, 0.2) is 0 Å². The highest BCUT2D eigenvalue weighted by Gasteiger charge is 2.29. The van der Waals surface area contributed by atoms with E-state index in [9.17, 15) is 4.79 Å². The lowest BCUT2D eigenvalue weighted by Gasteiger charge is -2.34. The molecule has 5 rings (SSSR count). The minimum Gasteiger partial charge on any atom is -0.422 e. The Balaban J connectivity index is 1.80. The van der Waals surface area contributed by atoms with Crippen molar-refractivity contribution in [3.05, 3.63) is 76.1 Å². The van der Waals surface area contributed by atoms with Crippen molar-refractivity contribution in [2.75, 3.05) is 18.0 Å². The van der Waals surface area contributed by atoms with E-state index < -0.39 is 0 Å². The topological polar surface area (TPSA) is 33.5 Å². The first-order chi connectivity index (χ1) is 13.3. The van der Waals surface area contributed by atoms with E-state index in [2.05, 4.69) is 23.1 Å². The fraction of sp³-hybridized carbons (Fsp3) is 0.292. The van der Waals surface area contributed by atoms with Gasteiger partial charge in [-0.2, -0.15) is 0 Å². The number of fused-ring (bicyclic) bond motifs is 3.